The van der Waals surface area contributed by atoms with Crippen LogP contribution in [-0.2, 0) is 24.4 Å². The number of carbonyl (C=O) groups is 1. The molecule has 2 aromatic heterocycles. The molecule has 1 fully saturated rings. The quantitative estimate of drug-likeness (QED) is 0.357. The molecule has 0 bridgehead atoms. The summed E-state index contributed by atoms with van der Waals surface area (Å²) in [6, 6.07) is 8.21. The summed E-state index contributed by atoms with van der Waals surface area (Å²) < 4.78 is 9.95. The molecule has 3 aromatic rings. The number of hydrogen-bond acceptors (Lipinski definition) is 6. The van der Waals surface area contributed by atoms with E-state index in [1.54, 1.807) is 0 Å². The lowest BCUT2D eigenvalue weighted by atomic mass is 10.3. The molecule has 2 heterocycles. The van der Waals surface area contributed by atoms with Crippen molar-refractivity contribution in [2.45, 2.75) is 39.5 Å². The number of imidazole rings is 1. The molecule has 29 heavy (non-hydrogen) atoms. The van der Waals surface area contributed by atoms with E-state index in [-0.39, 0.29) is 46.1 Å². The van der Waals surface area contributed by atoms with E-state index in [9.17, 15) is 4.79 Å². The van der Waals surface area contributed by atoms with Crippen molar-refractivity contribution in [3.63, 3.8) is 0 Å². The van der Waals surface area contributed by atoms with Crippen LogP contribution in [0.1, 0.15) is 36.1 Å². The fourth-order valence-electron chi connectivity index (χ4n) is 3.41. The summed E-state index contributed by atoms with van der Waals surface area (Å²) in [7, 11) is 0. The van der Waals surface area contributed by atoms with Gasteiger partial charge in [-0.1, -0.05) is 23.7 Å². The number of nitrogens with two attached hydrogens (primary N) is 2. The van der Waals surface area contributed by atoms with E-state index < -0.39 is 5.97 Å². The number of ether oxygens (including phenoxy) is 1. The fraction of sp³-hybridized carbons (Fsp3) is 0.368. The number of rotatable bonds is 6. The third-order valence-corrected chi connectivity index (χ3v) is 5.25. The Morgan fingerprint density at radius 3 is 2.69 bits per heavy atom. The molecule has 154 valence electrons. The minimum absolute atomic E-state index is 0. The molecule has 0 atom stereocenters. The first-order valence-electron chi connectivity index (χ1n) is 9.25. The van der Waals surface area contributed by atoms with Crippen LogP contribution in [0.4, 0.5) is 11.6 Å². The highest BCUT2D eigenvalue weighted by Gasteiger charge is 2.31. The van der Waals surface area contributed by atoms with Crippen LogP contribution in [0.25, 0.3) is 11.0 Å². The van der Waals surface area contributed by atoms with Gasteiger partial charge in [-0.05, 0) is 37.8 Å². The average Bonchev–Trinajstić information content (AvgIpc) is 3.45. The van der Waals surface area contributed by atoms with Gasteiger partial charge in [0.2, 0.25) is 0 Å². The van der Waals surface area contributed by atoms with Crippen LogP contribution in [0.3, 0.4) is 0 Å². The van der Waals surface area contributed by atoms with Crippen molar-refractivity contribution in [2.75, 3.05) is 11.5 Å². The van der Waals surface area contributed by atoms with E-state index in [0.29, 0.717) is 5.92 Å². The van der Waals surface area contributed by atoms with Gasteiger partial charge in [0, 0.05) is 0 Å². The van der Waals surface area contributed by atoms with Crippen molar-refractivity contribution in [2.24, 2.45) is 5.92 Å². The van der Waals surface area contributed by atoms with E-state index in [2.05, 4.69) is 38.2 Å². The molecule has 1 aliphatic carbocycles. The minimum Gasteiger partial charge on any atom is -1.00 e. The third-order valence-electron chi connectivity index (χ3n) is 4.97. The van der Waals surface area contributed by atoms with Crippen molar-refractivity contribution < 1.29 is 31.1 Å². The maximum absolute atomic E-state index is 12.5. The summed E-state index contributed by atoms with van der Waals surface area (Å²) in [5, 5.41) is -0.0763. The van der Waals surface area contributed by atoms with Crippen LogP contribution in [0, 0.1) is 5.92 Å². The highest BCUT2D eigenvalue weighted by molar-refractivity contribution is 6.31. The number of para-hydroxylation sites is 2. The number of halogens is 2. The Hall–Kier alpha value is -2.39. The van der Waals surface area contributed by atoms with Gasteiger partial charge >= 0.3 is 5.97 Å². The van der Waals surface area contributed by atoms with Crippen LogP contribution in [0.5, 0.6) is 0 Å². The highest BCUT2D eigenvalue weighted by atomic mass is 79.9. The van der Waals surface area contributed by atoms with Gasteiger partial charge < -0.3 is 33.2 Å². The predicted molar refractivity (Wildman–Crippen MR) is 106 cm³/mol. The Balaban J connectivity index is 0.00000240. The molecule has 1 aromatic carbocycles. The monoisotopic (exact) mass is 480 g/mol. The second-order valence-corrected chi connectivity index (χ2v) is 7.27. The first-order chi connectivity index (χ1) is 13.5. The zero-order valence-corrected chi connectivity index (χ0v) is 18.3. The summed E-state index contributed by atoms with van der Waals surface area (Å²) in [5.74, 6) is 0.792. The van der Waals surface area contributed by atoms with Gasteiger partial charge in [-0.15, -0.1) is 0 Å². The summed E-state index contributed by atoms with van der Waals surface area (Å²) >= 11 is 5.87. The average molecular weight is 482 g/mol. The van der Waals surface area contributed by atoms with Gasteiger partial charge in [-0.25, -0.2) is 23.9 Å². The second kappa shape index (κ2) is 8.54. The number of anilines is 2. The van der Waals surface area contributed by atoms with Gasteiger partial charge in [0.25, 0.3) is 5.82 Å². The SMILES string of the molecule is CCn1c(COC(=O)c2nc(Cl)c(N)nc2N)[n+](CC2CC2)c2ccccc21.[Br-]. The van der Waals surface area contributed by atoms with E-state index in [4.69, 9.17) is 27.8 Å². The third kappa shape index (κ3) is 4.16. The van der Waals surface area contributed by atoms with Crippen molar-refractivity contribution in [3.8, 4) is 0 Å². The van der Waals surface area contributed by atoms with Crippen LogP contribution >= 0.6 is 11.6 Å². The molecule has 0 unspecified atom stereocenters. The molecule has 10 heteroatoms. The lowest BCUT2D eigenvalue weighted by molar-refractivity contribution is -0.684. The number of benzene rings is 1. The van der Waals surface area contributed by atoms with Crippen LogP contribution in [0.15, 0.2) is 24.3 Å². The first kappa shape index (κ1) is 21.3. The molecule has 0 aliphatic heterocycles. The summed E-state index contributed by atoms with van der Waals surface area (Å²) in [6.07, 6.45) is 2.46. The number of aryl methyl sites for hydroxylation is 1. The van der Waals surface area contributed by atoms with Crippen molar-refractivity contribution >= 4 is 40.2 Å². The van der Waals surface area contributed by atoms with Crippen molar-refractivity contribution in [1.82, 2.24) is 14.5 Å². The standard InChI is InChI=1S/C19H21ClN6O2.BrH/c1-2-25-12-5-3-4-6-13(12)26(9-11-7-8-11)14(25)10-28-19(27)15-17(21)24-18(22)16(20)23-15;/h3-6,11H,2,7-10H2,1H3,(H3-,21,22,24,27);1H. The Morgan fingerprint density at radius 1 is 1.28 bits per heavy atom. The molecule has 1 saturated carbocycles. The zero-order chi connectivity index (χ0) is 19.8. The number of esters is 1. The molecule has 0 amide bonds. The number of aromatic nitrogens is 4. The zero-order valence-electron chi connectivity index (χ0n) is 15.9. The minimum atomic E-state index is -0.683. The number of nitrogen functional groups attached to an aromatic ring is 2. The highest BCUT2D eigenvalue weighted by Crippen LogP contribution is 2.30. The van der Waals surface area contributed by atoms with E-state index >= 15 is 0 Å². The van der Waals surface area contributed by atoms with Crippen LogP contribution < -0.4 is 33.0 Å². The van der Waals surface area contributed by atoms with Crippen molar-refractivity contribution in [3.05, 3.63) is 40.9 Å². The molecule has 1 aliphatic rings. The molecule has 4 rings (SSSR count). The van der Waals surface area contributed by atoms with Gasteiger partial charge in [0.05, 0.1) is 13.1 Å². The van der Waals surface area contributed by atoms with E-state index in [1.165, 1.54) is 12.8 Å². The number of hydrogen-bond donors (Lipinski definition) is 2. The number of carbonyl (C=O) groups excluding carboxylic acids is 1. The van der Waals surface area contributed by atoms with Gasteiger partial charge in [-0.2, -0.15) is 0 Å². The van der Waals surface area contributed by atoms with Crippen LogP contribution in [-0.4, -0.2) is 20.5 Å². The number of nitrogens with zero attached hydrogens (tertiary/aromatic N) is 4. The number of fused-ring (bicyclic) bond motifs is 1. The van der Waals surface area contributed by atoms with Crippen LogP contribution in [0.2, 0.25) is 5.15 Å². The Kier molecular flexibility index (Phi) is 6.28. The normalized spacial score (nSPS) is 13.3. The van der Waals surface area contributed by atoms with E-state index in [1.807, 2.05) is 12.1 Å². The topological polar surface area (TPSA) is 113 Å². The molecular weight excluding hydrogens is 460 g/mol. The first-order valence-corrected chi connectivity index (χ1v) is 9.63. The molecule has 0 radical (unpaired) electrons. The Labute approximate surface area is 183 Å². The summed E-state index contributed by atoms with van der Waals surface area (Å²) in [5.41, 5.74) is 13.4. The molecule has 0 spiro atoms. The van der Waals surface area contributed by atoms with Crippen molar-refractivity contribution in [1.29, 1.82) is 0 Å². The lowest BCUT2D eigenvalue weighted by Gasteiger charge is -2.08. The molecule has 8 nitrogen and oxygen atoms in total. The Bertz CT molecular complexity index is 1070. The van der Waals surface area contributed by atoms with E-state index in [0.717, 1.165) is 29.9 Å². The maximum atomic E-state index is 12.5. The van der Waals surface area contributed by atoms with Gasteiger partial charge in [-0.3, -0.25) is 0 Å². The lowest BCUT2D eigenvalue weighted by Crippen LogP contribution is -3.00. The predicted octanol–water partition coefficient (Wildman–Crippen LogP) is -0.672. The maximum Gasteiger partial charge on any atom is 0.361 e. The molecule has 0 saturated heterocycles. The smallest absolute Gasteiger partial charge is 0.361 e. The largest absolute Gasteiger partial charge is 1.00 e. The molecular formula is C19H22BrClN6O2. The Morgan fingerprint density at radius 2 is 2.00 bits per heavy atom. The molecule has 4 N–H and O–H groups in total. The van der Waals surface area contributed by atoms with Gasteiger partial charge in [0.1, 0.15) is 0 Å². The second-order valence-electron chi connectivity index (χ2n) is 6.91. The van der Waals surface area contributed by atoms with Gasteiger partial charge in [0.15, 0.2) is 40.1 Å². The fourth-order valence-corrected chi connectivity index (χ4v) is 3.53. The summed E-state index contributed by atoms with van der Waals surface area (Å²) in [4.78, 5) is 20.3. The summed E-state index contributed by atoms with van der Waals surface area (Å²) in [6.45, 7) is 3.84.